The number of rotatable bonds is 7. The van der Waals surface area contributed by atoms with Crippen molar-refractivity contribution in [3.8, 4) is 0 Å². The zero-order valence-electron chi connectivity index (χ0n) is 12.1. The van der Waals surface area contributed by atoms with Gasteiger partial charge in [-0.15, -0.1) is 0 Å². The molecule has 1 aliphatic rings. The summed E-state index contributed by atoms with van der Waals surface area (Å²) in [6.07, 6.45) is 9.14. The van der Waals surface area contributed by atoms with E-state index in [0.29, 0.717) is 6.04 Å². The minimum absolute atomic E-state index is 0.471. The predicted molar refractivity (Wildman–Crippen MR) is 76.2 cm³/mol. The smallest absolute Gasteiger partial charge is 0.00644 e. The normalized spacial score (nSPS) is 27.4. The molecule has 17 heavy (non-hydrogen) atoms. The zero-order valence-corrected chi connectivity index (χ0v) is 12.1. The van der Waals surface area contributed by atoms with Crippen LogP contribution in [0.1, 0.15) is 65.7 Å². The maximum absolute atomic E-state index is 6.09. The van der Waals surface area contributed by atoms with E-state index >= 15 is 0 Å². The highest BCUT2D eigenvalue weighted by molar-refractivity contribution is 4.79. The molecule has 1 rings (SSSR count). The highest BCUT2D eigenvalue weighted by Crippen LogP contribution is 2.25. The molecule has 102 valence electrons. The molecule has 2 nitrogen and oxygen atoms in total. The average Bonchev–Trinajstić information content (AvgIpc) is 2.33. The van der Waals surface area contributed by atoms with Crippen molar-refractivity contribution in [3.63, 3.8) is 0 Å². The first-order chi connectivity index (χ1) is 8.17. The number of hydrogen-bond donors (Lipinski definition) is 1. The van der Waals surface area contributed by atoms with Gasteiger partial charge in [0.2, 0.25) is 0 Å². The molecule has 0 aromatic heterocycles. The lowest BCUT2D eigenvalue weighted by atomic mass is 9.85. The second kappa shape index (κ2) is 8.10. The Labute approximate surface area is 108 Å². The van der Waals surface area contributed by atoms with E-state index in [1.54, 1.807) is 0 Å². The largest absolute Gasteiger partial charge is 0.328 e. The molecule has 0 bridgehead atoms. The summed E-state index contributed by atoms with van der Waals surface area (Å²) in [5.74, 6) is 0.851. The van der Waals surface area contributed by atoms with Crippen molar-refractivity contribution in [2.75, 3.05) is 13.1 Å². The summed E-state index contributed by atoms with van der Waals surface area (Å²) in [4.78, 5) is 2.70. The molecule has 3 unspecified atom stereocenters. The van der Waals surface area contributed by atoms with Gasteiger partial charge in [0, 0.05) is 18.6 Å². The second-order valence-corrected chi connectivity index (χ2v) is 5.90. The molecule has 0 aliphatic heterocycles. The molecule has 0 amide bonds. The summed E-state index contributed by atoms with van der Waals surface area (Å²) in [5, 5.41) is 0. The average molecular weight is 240 g/mol. The van der Waals surface area contributed by atoms with E-state index in [0.717, 1.165) is 12.0 Å². The standard InChI is InChI=1S/C15H32N2/c1-4-6-10-17(13(3)5-2)12-14-8-7-9-15(16)11-14/h13-15H,4-12,16H2,1-3H3. The third-order valence-corrected chi connectivity index (χ3v) is 4.33. The summed E-state index contributed by atoms with van der Waals surface area (Å²) >= 11 is 0. The Morgan fingerprint density at radius 2 is 2.06 bits per heavy atom. The first-order valence-electron chi connectivity index (χ1n) is 7.67. The number of nitrogens with zero attached hydrogens (tertiary/aromatic N) is 1. The van der Waals surface area contributed by atoms with E-state index in [1.807, 2.05) is 0 Å². The molecule has 0 heterocycles. The van der Waals surface area contributed by atoms with Crippen molar-refractivity contribution in [1.82, 2.24) is 4.90 Å². The van der Waals surface area contributed by atoms with Gasteiger partial charge in [-0.1, -0.05) is 26.7 Å². The Balaban J connectivity index is 2.40. The van der Waals surface area contributed by atoms with Crippen LogP contribution in [0.2, 0.25) is 0 Å². The Bertz CT molecular complexity index is 193. The second-order valence-electron chi connectivity index (χ2n) is 5.90. The highest BCUT2D eigenvalue weighted by Gasteiger charge is 2.22. The lowest BCUT2D eigenvalue weighted by Crippen LogP contribution is -2.40. The van der Waals surface area contributed by atoms with E-state index in [1.165, 1.54) is 58.0 Å². The van der Waals surface area contributed by atoms with Gasteiger partial charge in [-0.25, -0.2) is 0 Å². The molecular formula is C15H32N2. The van der Waals surface area contributed by atoms with E-state index in [4.69, 9.17) is 5.73 Å². The van der Waals surface area contributed by atoms with Crippen molar-refractivity contribution in [3.05, 3.63) is 0 Å². The number of hydrogen-bond acceptors (Lipinski definition) is 2. The lowest BCUT2D eigenvalue weighted by molar-refractivity contribution is 0.147. The molecule has 0 aromatic rings. The van der Waals surface area contributed by atoms with Gasteiger partial charge in [-0.2, -0.15) is 0 Å². The number of nitrogens with two attached hydrogens (primary N) is 1. The maximum Gasteiger partial charge on any atom is 0.00644 e. The van der Waals surface area contributed by atoms with Crippen molar-refractivity contribution in [2.24, 2.45) is 11.7 Å². The van der Waals surface area contributed by atoms with Gasteiger partial charge in [0.25, 0.3) is 0 Å². The van der Waals surface area contributed by atoms with Gasteiger partial charge < -0.3 is 10.6 Å². The van der Waals surface area contributed by atoms with Crippen LogP contribution in [0, 0.1) is 5.92 Å². The van der Waals surface area contributed by atoms with E-state index in [-0.39, 0.29) is 0 Å². The molecule has 1 aliphatic carbocycles. The van der Waals surface area contributed by atoms with Crippen LogP contribution in [0.25, 0.3) is 0 Å². The van der Waals surface area contributed by atoms with Crippen LogP contribution in [0.15, 0.2) is 0 Å². The van der Waals surface area contributed by atoms with E-state index in [2.05, 4.69) is 25.7 Å². The van der Waals surface area contributed by atoms with Crippen LogP contribution >= 0.6 is 0 Å². The monoisotopic (exact) mass is 240 g/mol. The Hall–Kier alpha value is -0.0800. The van der Waals surface area contributed by atoms with Gasteiger partial charge in [-0.05, 0) is 51.5 Å². The fourth-order valence-corrected chi connectivity index (χ4v) is 2.94. The van der Waals surface area contributed by atoms with E-state index in [9.17, 15) is 0 Å². The maximum atomic E-state index is 6.09. The molecule has 1 fully saturated rings. The van der Waals surface area contributed by atoms with Crippen LogP contribution in [0.4, 0.5) is 0 Å². The molecule has 1 saturated carbocycles. The quantitative estimate of drug-likeness (QED) is 0.739. The van der Waals surface area contributed by atoms with Crippen LogP contribution in [0.3, 0.4) is 0 Å². The molecule has 2 heteroatoms. The third-order valence-electron chi connectivity index (χ3n) is 4.33. The molecule has 0 radical (unpaired) electrons. The van der Waals surface area contributed by atoms with Crippen molar-refractivity contribution < 1.29 is 0 Å². The topological polar surface area (TPSA) is 29.3 Å². The molecule has 2 N–H and O–H groups in total. The summed E-state index contributed by atoms with van der Waals surface area (Å²) in [7, 11) is 0. The Morgan fingerprint density at radius 1 is 1.29 bits per heavy atom. The van der Waals surface area contributed by atoms with Crippen LogP contribution < -0.4 is 5.73 Å². The minimum Gasteiger partial charge on any atom is -0.328 e. The van der Waals surface area contributed by atoms with Crippen molar-refractivity contribution in [1.29, 1.82) is 0 Å². The highest BCUT2D eigenvalue weighted by atomic mass is 15.1. The molecular weight excluding hydrogens is 208 g/mol. The third kappa shape index (κ3) is 5.39. The molecule has 3 atom stereocenters. The Morgan fingerprint density at radius 3 is 2.65 bits per heavy atom. The molecule has 0 saturated heterocycles. The zero-order chi connectivity index (χ0) is 12.7. The van der Waals surface area contributed by atoms with Crippen molar-refractivity contribution in [2.45, 2.75) is 77.8 Å². The van der Waals surface area contributed by atoms with Crippen LogP contribution in [-0.2, 0) is 0 Å². The number of unbranched alkanes of at least 4 members (excludes halogenated alkanes) is 1. The van der Waals surface area contributed by atoms with Gasteiger partial charge in [0.15, 0.2) is 0 Å². The molecule has 0 spiro atoms. The van der Waals surface area contributed by atoms with Gasteiger partial charge in [-0.3, -0.25) is 0 Å². The first-order valence-corrected chi connectivity index (χ1v) is 7.67. The van der Waals surface area contributed by atoms with Crippen LogP contribution in [-0.4, -0.2) is 30.1 Å². The fourth-order valence-electron chi connectivity index (χ4n) is 2.94. The lowest BCUT2D eigenvalue weighted by Gasteiger charge is -2.35. The Kier molecular flexibility index (Phi) is 7.14. The predicted octanol–water partition coefficient (Wildman–Crippen LogP) is 3.40. The van der Waals surface area contributed by atoms with Crippen molar-refractivity contribution >= 4 is 0 Å². The summed E-state index contributed by atoms with van der Waals surface area (Å²) in [5.41, 5.74) is 6.09. The van der Waals surface area contributed by atoms with Gasteiger partial charge in [0.05, 0.1) is 0 Å². The van der Waals surface area contributed by atoms with E-state index < -0.39 is 0 Å². The van der Waals surface area contributed by atoms with Gasteiger partial charge >= 0.3 is 0 Å². The minimum atomic E-state index is 0.471. The first kappa shape index (κ1) is 15.0. The fraction of sp³-hybridized carbons (Fsp3) is 1.00. The summed E-state index contributed by atoms with van der Waals surface area (Å²) < 4.78 is 0. The van der Waals surface area contributed by atoms with Crippen LogP contribution in [0.5, 0.6) is 0 Å². The van der Waals surface area contributed by atoms with Gasteiger partial charge in [0.1, 0.15) is 0 Å². The summed E-state index contributed by atoms with van der Waals surface area (Å²) in [6.45, 7) is 9.51. The summed E-state index contributed by atoms with van der Waals surface area (Å²) in [6, 6.07) is 1.21. The molecule has 0 aromatic carbocycles. The SMILES string of the molecule is CCCCN(CC1CCCC(N)C1)C(C)CC.